The molecule has 1 aromatic carbocycles. The Labute approximate surface area is 130 Å². The lowest BCUT2D eigenvalue weighted by Crippen LogP contribution is -2.27. The van der Waals surface area contributed by atoms with Gasteiger partial charge >= 0.3 is 0 Å². The van der Waals surface area contributed by atoms with E-state index in [1.807, 2.05) is 6.07 Å². The Morgan fingerprint density at radius 2 is 2.05 bits per heavy atom. The summed E-state index contributed by atoms with van der Waals surface area (Å²) in [5.74, 6) is 0.287. The number of halogens is 1. The van der Waals surface area contributed by atoms with Crippen molar-refractivity contribution in [2.75, 3.05) is 7.05 Å². The second-order valence-corrected chi connectivity index (χ2v) is 7.30. The molecule has 1 heterocycles. The highest BCUT2D eigenvalue weighted by Crippen LogP contribution is 2.22. The first-order valence-corrected chi connectivity index (χ1v) is 8.41. The van der Waals surface area contributed by atoms with Crippen molar-refractivity contribution < 1.29 is 8.42 Å². The normalized spacial score (nSPS) is 12.0. The number of rotatable bonds is 5. The van der Waals surface area contributed by atoms with Crippen LogP contribution >= 0.6 is 11.6 Å². The molecular formula is C14H18ClN3O2S. The minimum Gasteiger partial charge on any atom is -0.275 e. The van der Waals surface area contributed by atoms with Crippen LogP contribution in [0.1, 0.15) is 16.7 Å². The SMILES string of the molecule is Cc1ccc(CCl)cc1S(=O)(=O)N(C)Cc1cnn(C)c1. The van der Waals surface area contributed by atoms with Crippen LogP contribution in [0.5, 0.6) is 0 Å². The summed E-state index contributed by atoms with van der Waals surface area (Å²) in [5, 5.41) is 4.05. The third-order valence-corrected chi connectivity index (χ3v) is 5.51. The van der Waals surface area contributed by atoms with Gasteiger partial charge in [-0.3, -0.25) is 4.68 Å². The van der Waals surface area contributed by atoms with Crippen molar-refractivity contribution in [2.24, 2.45) is 7.05 Å². The number of hydrogen-bond donors (Lipinski definition) is 0. The van der Waals surface area contributed by atoms with E-state index in [9.17, 15) is 8.42 Å². The lowest BCUT2D eigenvalue weighted by Gasteiger charge is -2.18. The largest absolute Gasteiger partial charge is 0.275 e. The van der Waals surface area contributed by atoms with Crippen LogP contribution < -0.4 is 0 Å². The van der Waals surface area contributed by atoms with Gasteiger partial charge in [-0.15, -0.1) is 11.6 Å². The van der Waals surface area contributed by atoms with Gasteiger partial charge in [-0.1, -0.05) is 12.1 Å². The van der Waals surface area contributed by atoms with Gasteiger partial charge in [0, 0.05) is 38.3 Å². The van der Waals surface area contributed by atoms with Crippen molar-refractivity contribution in [3.8, 4) is 0 Å². The Morgan fingerprint density at radius 3 is 2.62 bits per heavy atom. The van der Waals surface area contributed by atoms with E-state index in [1.165, 1.54) is 4.31 Å². The average Bonchev–Trinajstić information content (AvgIpc) is 2.84. The van der Waals surface area contributed by atoms with Crippen LogP contribution in [0.4, 0.5) is 0 Å². The van der Waals surface area contributed by atoms with E-state index in [4.69, 9.17) is 11.6 Å². The maximum atomic E-state index is 12.7. The van der Waals surface area contributed by atoms with E-state index in [1.54, 1.807) is 50.2 Å². The summed E-state index contributed by atoms with van der Waals surface area (Å²) in [6, 6.07) is 5.25. The van der Waals surface area contributed by atoms with E-state index < -0.39 is 10.0 Å². The van der Waals surface area contributed by atoms with Crippen LogP contribution in [0, 0.1) is 6.92 Å². The standard InChI is InChI=1S/C14H18ClN3O2S/c1-11-4-5-12(7-15)6-14(11)21(19,20)18(3)10-13-8-16-17(2)9-13/h4-6,8-9H,7,10H2,1-3H3. The first kappa shape index (κ1) is 16.0. The molecule has 0 amide bonds. The first-order chi connectivity index (χ1) is 9.84. The van der Waals surface area contributed by atoms with E-state index in [0.29, 0.717) is 10.5 Å². The number of hydrogen-bond acceptors (Lipinski definition) is 3. The molecule has 0 radical (unpaired) electrons. The van der Waals surface area contributed by atoms with Crippen molar-refractivity contribution in [1.29, 1.82) is 0 Å². The quantitative estimate of drug-likeness (QED) is 0.792. The van der Waals surface area contributed by atoms with Crippen LogP contribution in [0.2, 0.25) is 0 Å². The van der Waals surface area contributed by atoms with E-state index in [2.05, 4.69) is 5.10 Å². The molecule has 7 heteroatoms. The average molecular weight is 328 g/mol. The molecule has 0 aliphatic carbocycles. The molecule has 2 aromatic rings. The summed E-state index contributed by atoms with van der Waals surface area (Å²) >= 11 is 5.79. The molecule has 0 fully saturated rings. The lowest BCUT2D eigenvalue weighted by atomic mass is 10.2. The summed E-state index contributed by atoms with van der Waals surface area (Å²) in [5.41, 5.74) is 2.34. The van der Waals surface area contributed by atoms with Gasteiger partial charge in [-0.2, -0.15) is 9.40 Å². The monoisotopic (exact) mass is 327 g/mol. The molecule has 0 spiro atoms. The molecule has 0 bridgehead atoms. The molecule has 1 aromatic heterocycles. The molecule has 0 saturated heterocycles. The zero-order valence-electron chi connectivity index (χ0n) is 12.2. The van der Waals surface area contributed by atoms with Gasteiger partial charge in [-0.05, 0) is 24.1 Å². The molecular weight excluding hydrogens is 310 g/mol. The van der Waals surface area contributed by atoms with Crippen molar-refractivity contribution >= 4 is 21.6 Å². The minimum absolute atomic E-state index is 0.278. The van der Waals surface area contributed by atoms with Gasteiger partial charge in [0.25, 0.3) is 0 Å². The number of aryl methyl sites for hydroxylation is 2. The summed E-state index contributed by atoms with van der Waals surface area (Å²) in [6.45, 7) is 2.06. The maximum absolute atomic E-state index is 12.7. The second-order valence-electron chi connectivity index (χ2n) is 5.02. The highest BCUT2D eigenvalue weighted by molar-refractivity contribution is 7.89. The maximum Gasteiger partial charge on any atom is 0.243 e. The predicted octanol–water partition coefficient (Wildman–Crippen LogP) is 2.29. The Balaban J connectivity index is 2.32. The van der Waals surface area contributed by atoms with Gasteiger partial charge < -0.3 is 0 Å². The van der Waals surface area contributed by atoms with Crippen molar-refractivity contribution in [1.82, 2.24) is 14.1 Å². The highest BCUT2D eigenvalue weighted by atomic mass is 35.5. The number of nitrogens with zero attached hydrogens (tertiary/aromatic N) is 3. The Kier molecular flexibility index (Phi) is 4.70. The Morgan fingerprint density at radius 1 is 1.33 bits per heavy atom. The summed E-state index contributed by atoms with van der Waals surface area (Å²) < 4.78 is 28.3. The van der Waals surface area contributed by atoms with Gasteiger partial charge in [0.15, 0.2) is 0 Å². The third kappa shape index (κ3) is 3.45. The van der Waals surface area contributed by atoms with Gasteiger partial charge in [0.05, 0.1) is 11.1 Å². The van der Waals surface area contributed by atoms with Crippen LogP contribution in [0.3, 0.4) is 0 Å². The van der Waals surface area contributed by atoms with Crippen molar-refractivity contribution in [3.63, 3.8) is 0 Å². The van der Waals surface area contributed by atoms with E-state index in [0.717, 1.165) is 11.1 Å². The first-order valence-electron chi connectivity index (χ1n) is 6.44. The van der Waals surface area contributed by atoms with Crippen LogP contribution in [0.25, 0.3) is 0 Å². The summed E-state index contributed by atoms with van der Waals surface area (Å²) in [4.78, 5) is 0.298. The number of alkyl halides is 1. The Hall–Kier alpha value is -1.37. The highest BCUT2D eigenvalue weighted by Gasteiger charge is 2.23. The molecule has 5 nitrogen and oxygen atoms in total. The van der Waals surface area contributed by atoms with Gasteiger partial charge in [0.2, 0.25) is 10.0 Å². The fourth-order valence-electron chi connectivity index (χ4n) is 2.07. The third-order valence-electron chi connectivity index (χ3n) is 3.26. The number of sulfonamides is 1. The van der Waals surface area contributed by atoms with Gasteiger partial charge in [0.1, 0.15) is 0 Å². The summed E-state index contributed by atoms with van der Waals surface area (Å²) in [6.07, 6.45) is 3.46. The van der Waals surface area contributed by atoms with Crippen molar-refractivity contribution in [2.45, 2.75) is 24.2 Å². The molecule has 114 valence electrons. The smallest absolute Gasteiger partial charge is 0.243 e. The molecule has 21 heavy (non-hydrogen) atoms. The lowest BCUT2D eigenvalue weighted by molar-refractivity contribution is 0.466. The predicted molar refractivity (Wildman–Crippen MR) is 82.6 cm³/mol. The molecule has 0 saturated carbocycles. The van der Waals surface area contributed by atoms with Crippen molar-refractivity contribution in [3.05, 3.63) is 47.3 Å². The molecule has 0 unspecified atom stereocenters. The fraction of sp³-hybridized carbons (Fsp3) is 0.357. The summed E-state index contributed by atoms with van der Waals surface area (Å²) in [7, 11) is -0.191. The second kappa shape index (κ2) is 6.17. The molecule has 0 aliphatic heterocycles. The van der Waals surface area contributed by atoms with Crippen LogP contribution in [-0.2, 0) is 29.5 Å². The molecule has 0 aliphatic rings. The van der Waals surface area contributed by atoms with Crippen LogP contribution in [-0.4, -0.2) is 29.6 Å². The number of benzene rings is 1. The zero-order chi connectivity index (χ0) is 15.6. The van der Waals surface area contributed by atoms with E-state index in [-0.39, 0.29) is 12.4 Å². The van der Waals surface area contributed by atoms with Gasteiger partial charge in [-0.25, -0.2) is 8.42 Å². The zero-order valence-corrected chi connectivity index (χ0v) is 13.8. The topological polar surface area (TPSA) is 55.2 Å². The number of aromatic nitrogens is 2. The fourth-order valence-corrected chi connectivity index (χ4v) is 3.67. The molecule has 0 N–H and O–H groups in total. The van der Waals surface area contributed by atoms with Crippen LogP contribution in [0.15, 0.2) is 35.5 Å². The Bertz CT molecular complexity index is 740. The molecule has 2 rings (SSSR count). The van der Waals surface area contributed by atoms with E-state index >= 15 is 0 Å². The molecule has 0 atom stereocenters. The minimum atomic E-state index is -3.55.